The fourth-order valence-corrected chi connectivity index (χ4v) is 3.72. The van der Waals surface area contributed by atoms with Gasteiger partial charge >= 0.3 is 11.9 Å². The van der Waals surface area contributed by atoms with E-state index in [0.29, 0.717) is 17.7 Å². The maximum absolute atomic E-state index is 11.2. The molecule has 3 N–H and O–H groups in total. The van der Waals surface area contributed by atoms with Crippen LogP contribution in [0.25, 0.3) is 0 Å². The normalized spacial score (nSPS) is 24.0. The van der Waals surface area contributed by atoms with Gasteiger partial charge in [-0.15, -0.1) is 0 Å². The predicted molar refractivity (Wildman–Crippen MR) is 124 cm³/mol. The van der Waals surface area contributed by atoms with Crippen LogP contribution in [-0.4, -0.2) is 64.6 Å². The summed E-state index contributed by atoms with van der Waals surface area (Å²) >= 11 is 0. The number of carbonyl (C=O) groups excluding carboxylic acids is 2. The van der Waals surface area contributed by atoms with Crippen LogP contribution in [0.2, 0.25) is 0 Å². The zero-order valence-corrected chi connectivity index (χ0v) is 20.0. The van der Waals surface area contributed by atoms with E-state index >= 15 is 0 Å². The lowest BCUT2D eigenvalue weighted by Crippen LogP contribution is -2.60. The van der Waals surface area contributed by atoms with Gasteiger partial charge in [-0.25, -0.2) is 0 Å². The number of carbonyl (C=O) groups is 2. The van der Waals surface area contributed by atoms with Crippen LogP contribution < -0.4 is 4.74 Å². The molecule has 190 valence electrons. The van der Waals surface area contributed by atoms with Crippen molar-refractivity contribution in [2.24, 2.45) is 0 Å². The Morgan fingerprint density at radius 1 is 0.857 bits per heavy atom. The molecule has 0 saturated carbocycles. The monoisotopic (exact) mass is 488 g/mol. The molecule has 0 aromatic heterocycles. The van der Waals surface area contributed by atoms with Crippen LogP contribution in [0.15, 0.2) is 42.5 Å². The van der Waals surface area contributed by atoms with Gasteiger partial charge in [0.25, 0.3) is 0 Å². The van der Waals surface area contributed by atoms with Crippen molar-refractivity contribution in [2.75, 3.05) is 6.61 Å². The molecular formula is C26H32O9. The Balaban J connectivity index is 1.86. The Kier molecular flexibility index (Phi) is 9.22. The fraction of sp³-hybridized carbons (Fsp3) is 0.462. The number of hydrogen-bond donors (Lipinski definition) is 3. The van der Waals surface area contributed by atoms with Gasteiger partial charge in [0.1, 0.15) is 43.4 Å². The first-order chi connectivity index (χ1) is 16.7. The van der Waals surface area contributed by atoms with Crippen molar-refractivity contribution < 1.29 is 43.9 Å². The first kappa shape index (κ1) is 26.6. The molecule has 0 aliphatic carbocycles. The molecular weight excluding hydrogens is 456 g/mol. The summed E-state index contributed by atoms with van der Waals surface area (Å²) in [5, 5.41) is 31.1. The number of aliphatic hydroxyl groups is 3. The van der Waals surface area contributed by atoms with Gasteiger partial charge < -0.3 is 34.3 Å². The third-order valence-corrected chi connectivity index (χ3v) is 5.76. The molecule has 9 heteroatoms. The molecule has 1 aliphatic heterocycles. The molecule has 0 amide bonds. The molecule has 2 aromatic carbocycles. The number of aliphatic hydroxyl groups excluding tert-OH is 3. The predicted octanol–water partition coefficient (Wildman–Crippen LogP) is 1.65. The smallest absolute Gasteiger partial charge is 0.302 e. The molecule has 0 bridgehead atoms. The number of esters is 2. The molecule has 0 spiro atoms. The highest BCUT2D eigenvalue weighted by molar-refractivity contribution is 5.66. The highest BCUT2D eigenvalue weighted by Crippen LogP contribution is 2.29. The van der Waals surface area contributed by atoms with Gasteiger partial charge in [-0.3, -0.25) is 9.59 Å². The third-order valence-electron chi connectivity index (χ3n) is 5.76. The summed E-state index contributed by atoms with van der Waals surface area (Å²) in [6.45, 7) is 4.32. The summed E-state index contributed by atoms with van der Waals surface area (Å²) < 4.78 is 21.7. The minimum Gasteiger partial charge on any atom is -0.463 e. The first-order valence-electron chi connectivity index (χ1n) is 11.5. The quantitative estimate of drug-likeness (QED) is 0.451. The fourth-order valence-electron chi connectivity index (χ4n) is 3.72. The van der Waals surface area contributed by atoms with E-state index in [-0.39, 0.29) is 13.2 Å². The maximum atomic E-state index is 11.2. The summed E-state index contributed by atoms with van der Waals surface area (Å²) in [6, 6.07) is 13.5. The highest BCUT2D eigenvalue weighted by atomic mass is 16.7. The van der Waals surface area contributed by atoms with E-state index in [0.717, 1.165) is 17.5 Å². The van der Waals surface area contributed by atoms with Crippen LogP contribution in [0, 0.1) is 0 Å². The zero-order chi connectivity index (χ0) is 25.5. The molecule has 0 unspecified atom stereocenters. The summed E-state index contributed by atoms with van der Waals surface area (Å²) in [7, 11) is 0. The molecule has 3 rings (SSSR count). The highest BCUT2D eigenvalue weighted by Gasteiger charge is 2.45. The SMILES string of the molecule is CCc1ccc(Cc2ccc(COC(C)=O)cc2O[C@H]2O[C@H](COC(C)=O)[C@@H](O)[C@H](O)[C@H]2O)cc1. The largest absolute Gasteiger partial charge is 0.463 e. The minimum atomic E-state index is -1.58. The summed E-state index contributed by atoms with van der Waals surface area (Å²) in [5.41, 5.74) is 3.68. The van der Waals surface area contributed by atoms with Crippen LogP contribution in [0.5, 0.6) is 5.75 Å². The molecule has 5 atom stereocenters. The van der Waals surface area contributed by atoms with Crippen LogP contribution in [-0.2, 0) is 43.2 Å². The summed E-state index contributed by atoms with van der Waals surface area (Å²) in [4.78, 5) is 22.4. The molecule has 35 heavy (non-hydrogen) atoms. The Morgan fingerprint density at radius 3 is 2.11 bits per heavy atom. The van der Waals surface area contributed by atoms with Crippen molar-refractivity contribution in [3.8, 4) is 5.75 Å². The Morgan fingerprint density at radius 2 is 1.49 bits per heavy atom. The van der Waals surface area contributed by atoms with E-state index in [4.69, 9.17) is 18.9 Å². The van der Waals surface area contributed by atoms with E-state index in [1.54, 1.807) is 6.07 Å². The number of aryl methyl sites for hydroxylation is 1. The lowest BCUT2D eigenvalue weighted by molar-refractivity contribution is -0.278. The van der Waals surface area contributed by atoms with E-state index in [2.05, 4.69) is 19.1 Å². The van der Waals surface area contributed by atoms with Crippen molar-refractivity contribution in [1.29, 1.82) is 0 Å². The molecule has 9 nitrogen and oxygen atoms in total. The molecule has 2 aromatic rings. The minimum absolute atomic E-state index is 0.0294. The lowest BCUT2D eigenvalue weighted by atomic mass is 9.98. The standard InChI is InChI=1S/C26H32O9/c1-4-17-5-7-18(8-6-17)11-20-10-9-19(13-32-15(2)27)12-21(20)34-26-25(31)24(30)23(29)22(35-26)14-33-16(3)28/h5-10,12,22-26,29-31H,4,11,13-14H2,1-3H3/t22-,23-,24+,25-,26+/m1/s1. The van der Waals surface area contributed by atoms with Gasteiger partial charge in [-0.05, 0) is 34.7 Å². The van der Waals surface area contributed by atoms with Crippen molar-refractivity contribution in [1.82, 2.24) is 0 Å². The van der Waals surface area contributed by atoms with E-state index in [1.165, 1.54) is 19.4 Å². The third kappa shape index (κ3) is 7.25. The Bertz CT molecular complexity index is 1000. The topological polar surface area (TPSA) is 132 Å². The van der Waals surface area contributed by atoms with Crippen LogP contribution in [0.4, 0.5) is 0 Å². The van der Waals surface area contributed by atoms with Crippen LogP contribution in [0.3, 0.4) is 0 Å². The van der Waals surface area contributed by atoms with E-state index in [9.17, 15) is 24.9 Å². The molecule has 1 saturated heterocycles. The summed E-state index contributed by atoms with van der Waals surface area (Å²) in [6.07, 6.45) is -5.63. The van der Waals surface area contributed by atoms with Gasteiger partial charge in [0.2, 0.25) is 6.29 Å². The van der Waals surface area contributed by atoms with Crippen molar-refractivity contribution in [2.45, 2.75) is 70.9 Å². The molecule has 1 heterocycles. The second kappa shape index (κ2) is 12.1. The van der Waals surface area contributed by atoms with Crippen molar-refractivity contribution in [3.05, 3.63) is 64.7 Å². The number of rotatable bonds is 9. The molecule has 1 aliphatic rings. The Hall–Kier alpha value is -2.98. The van der Waals surface area contributed by atoms with E-state index < -0.39 is 42.6 Å². The molecule has 0 radical (unpaired) electrons. The molecule has 1 fully saturated rings. The number of hydrogen-bond acceptors (Lipinski definition) is 9. The number of benzene rings is 2. The average molecular weight is 489 g/mol. The van der Waals surface area contributed by atoms with Gasteiger partial charge in [-0.1, -0.05) is 43.3 Å². The van der Waals surface area contributed by atoms with Gasteiger partial charge in [-0.2, -0.15) is 0 Å². The van der Waals surface area contributed by atoms with Crippen molar-refractivity contribution >= 4 is 11.9 Å². The first-order valence-corrected chi connectivity index (χ1v) is 11.5. The summed E-state index contributed by atoms with van der Waals surface area (Å²) in [5.74, 6) is -0.648. The number of ether oxygens (including phenoxy) is 4. The van der Waals surface area contributed by atoms with Gasteiger partial charge in [0.05, 0.1) is 0 Å². The van der Waals surface area contributed by atoms with E-state index in [1.807, 2.05) is 24.3 Å². The average Bonchev–Trinajstić information content (AvgIpc) is 2.84. The van der Waals surface area contributed by atoms with Crippen molar-refractivity contribution in [3.63, 3.8) is 0 Å². The van der Waals surface area contributed by atoms with Crippen LogP contribution >= 0.6 is 0 Å². The zero-order valence-electron chi connectivity index (χ0n) is 20.0. The maximum Gasteiger partial charge on any atom is 0.302 e. The second-order valence-electron chi connectivity index (χ2n) is 8.50. The Labute approximate surface area is 204 Å². The van der Waals surface area contributed by atoms with Gasteiger partial charge in [0, 0.05) is 20.3 Å². The second-order valence-corrected chi connectivity index (χ2v) is 8.50. The van der Waals surface area contributed by atoms with Crippen LogP contribution in [0.1, 0.15) is 43.0 Å². The lowest BCUT2D eigenvalue weighted by Gasteiger charge is -2.40. The van der Waals surface area contributed by atoms with Gasteiger partial charge in [0.15, 0.2) is 0 Å².